The van der Waals surface area contributed by atoms with Gasteiger partial charge < -0.3 is 9.84 Å². The minimum Gasteiger partial charge on any atom is -0.482 e. The average molecular weight is 234 g/mol. The van der Waals surface area contributed by atoms with Gasteiger partial charge in [0.05, 0.1) is 0 Å². The number of benzene rings is 1. The summed E-state index contributed by atoms with van der Waals surface area (Å²) in [6.07, 6.45) is 0. The van der Waals surface area contributed by atoms with E-state index in [9.17, 15) is 4.79 Å². The number of thiophene rings is 1. The molecule has 16 heavy (non-hydrogen) atoms. The van der Waals surface area contributed by atoms with Crippen molar-refractivity contribution in [3.63, 3.8) is 0 Å². The third kappa shape index (κ3) is 2.61. The highest BCUT2D eigenvalue weighted by molar-refractivity contribution is 7.08. The molecule has 0 saturated heterocycles. The lowest BCUT2D eigenvalue weighted by atomic mass is 10.1. The lowest BCUT2D eigenvalue weighted by Crippen LogP contribution is -2.09. The van der Waals surface area contributed by atoms with Gasteiger partial charge in [0.2, 0.25) is 0 Å². The molecule has 1 N–H and O–H groups in total. The van der Waals surface area contributed by atoms with Crippen molar-refractivity contribution in [1.82, 2.24) is 0 Å². The average Bonchev–Trinajstić information content (AvgIpc) is 2.80. The lowest BCUT2D eigenvalue weighted by molar-refractivity contribution is -0.139. The van der Waals surface area contributed by atoms with Gasteiger partial charge in [-0.25, -0.2) is 4.79 Å². The summed E-state index contributed by atoms with van der Waals surface area (Å²) < 4.78 is 5.11. The van der Waals surface area contributed by atoms with E-state index in [0.717, 1.165) is 11.1 Å². The molecule has 0 atom stereocenters. The largest absolute Gasteiger partial charge is 0.482 e. The van der Waals surface area contributed by atoms with Crippen LogP contribution < -0.4 is 4.74 Å². The van der Waals surface area contributed by atoms with Gasteiger partial charge in [-0.3, -0.25) is 0 Å². The summed E-state index contributed by atoms with van der Waals surface area (Å²) in [6, 6.07) is 9.42. The van der Waals surface area contributed by atoms with E-state index >= 15 is 0 Å². The molecule has 0 saturated carbocycles. The third-order valence-electron chi connectivity index (χ3n) is 2.05. The number of carboxylic acid groups (broad SMARTS) is 1. The molecule has 1 aromatic carbocycles. The molecule has 0 fully saturated rings. The van der Waals surface area contributed by atoms with Crippen molar-refractivity contribution >= 4 is 17.3 Å². The predicted octanol–water partition coefficient (Wildman–Crippen LogP) is 2.88. The molecule has 2 rings (SSSR count). The van der Waals surface area contributed by atoms with Gasteiger partial charge in [-0.15, -0.1) is 0 Å². The standard InChI is InChI=1S/C12H10O3S/c13-12(14)7-15-11-3-1-2-9(6-11)10-4-5-16-8-10/h1-6,8H,7H2,(H,13,14). The zero-order valence-electron chi connectivity index (χ0n) is 8.42. The molecule has 0 aliphatic heterocycles. The van der Waals surface area contributed by atoms with Crippen molar-refractivity contribution in [2.24, 2.45) is 0 Å². The van der Waals surface area contributed by atoms with Gasteiger partial charge in [-0.1, -0.05) is 12.1 Å². The Morgan fingerprint density at radius 2 is 2.19 bits per heavy atom. The van der Waals surface area contributed by atoms with Crippen molar-refractivity contribution in [3.05, 3.63) is 41.1 Å². The topological polar surface area (TPSA) is 46.5 Å². The second kappa shape index (κ2) is 4.81. The first-order chi connectivity index (χ1) is 7.75. The number of aliphatic carboxylic acids is 1. The molecule has 0 spiro atoms. The van der Waals surface area contributed by atoms with Crippen LogP contribution in [0.15, 0.2) is 41.1 Å². The van der Waals surface area contributed by atoms with Crippen LogP contribution in [0.5, 0.6) is 5.75 Å². The van der Waals surface area contributed by atoms with Crippen LogP contribution >= 0.6 is 11.3 Å². The Balaban J connectivity index is 2.17. The van der Waals surface area contributed by atoms with Crippen LogP contribution in [-0.2, 0) is 4.79 Å². The van der Waals surface area contributed by atoms with Crippen LogP contribution in [0.4, 0.5) is 0 Å². The van der Waals surface area contributed by atoms with Crippen LogP contribution in [0.3, 0.4) is 0 Å². The molecule has 1 aromatic heterocycles. The maximum absolute atomic E-state index is 10.4. The summed E-state index contributed by atoms with van der Waals surface area (Å²) in [4.78, 5) is 10.4. The van der Waals surface area contributed by atoms with E-state index in [1.165, 1.54) is 0 Å². The second-order valence-corrected chi connectivity index (χ2v) is 4.00. The van der Waals surface area contributed by atoms with Crippen LogP contribution in [0, 0.1) is 0 Å². The Hall–Kier alpha value is -1.81. The maximum Gasteiger partial charge on any atom is 0.341 e. The van der Waals surface area contributed by atoms with E-state index in [2.05, 4.69) is 0 Å². The molecular formula is C12H10O3S. The van der Waals surface area contributed by atoms with Crippen molar-refractivity contribution < 1.29 is 14.6 Å². The third-order valence-corrected chi connectivity index (χ3v) is 2.73. The minimum atomic E-state index is -0.971. The number of carbonyl (C=O) groups is 1. The Labute approximate surface area is 96.9 Å². The van der Waals surface area contributed by atoms with Crippen molar-refractivity contribution in [2.45, 2.75) is 0 Å². The fourth-order valence-corrected chi connectivity index (χ4v) is 2.00. The second-order valence-electron chi connectivity index (χ2n) is 3.22. The normalized spacial score (nSPS) is 10.0. The molecule has 0 amide bonds. The SMILES string of the molecule is O=C(O)COc1cccc(-c2ccsc2)c1. The van der Waals surface area contributed by atoms with Crippen molar-refractivity contribution in [1.29, 1.82) is 0 Å². The van der Waals surface area contributed by atoms with Crippen molar-refractivity contribution in [3.8, 4) is 16.9 Å². The summed E-state index contributed by atoms with van der Waals surface area (Å²) in [7, 11) is 0. The maximum atomic E-state index is 10.4. The summed E-state index contributed by atoms with van der Waals surface area (Å²) in [5, 5.41) is 12.5. The zero-order valence-corrected chi connectivity index (χ0v) is 9.24. The summed E-state index contributed by atoms with van der Waals surface area (Å²) in [5.74, 6) is -0.396. The highest BCUT2D eigenvalue weighted by Gasteiger charge is 2.02. The smallest absolute Gasteiger partial charge is 0.341 e. The number of rotatable bonds is 4. The highest BCUT2D eigenvalue weighted by atomic mass is 32.1. The van der Waals surface area contributed by atoms with Crippen molar-refractivity contribution in [2.75, 3.05) is 6.61 Å². The highest BCUT2D eigenvalue weighted by Crippen LogP contribution is 2.25. The van der Waals surface area contributed by atoms with Gasteiger partial charge in [0.15, 0.2) is 6.61 Å². The van der Waals surface area contributed by atoms with E-state index < -0.39 is 5.97 Å². The Kier molecular flexibility index (Phi) is 3.22. The Bertz CT molecular complexity index is 477. The molecule has 0 bridgehead atoms. The van der Waals surface area contributed by atoms with Gasteiger partial charge in [-0.05, 0) is 40.1 Å². The number of hydrogen-bond acceptors (Lipinski definition) is 3. The monoisotopic (exact) mass is 234 g/mol. The number of ether oxygens (including phenoxy) is 1. The van der Waals surface area contributed by atoms with E-state index in [0.29, 0.717) is 5.75 Å². The quantitative estimate of drug-likeness (QED) is 0.884. The van der Waals surface area contributed by atoms with Crippen LogP contribution in [0.1, 0.15) is 0 Å². The molecule has 0 aliphatic carbocycles. The molecule has 2 aromatic rings. The van der Waals surface area contributed by atoms with E-state index in [4.69, 9.17) is 9.84 Å². The van der Waals surface area contributed by atoms with Gasteiger partial charge in [-0.2, -0.15) is 11.3 Å². The van der Waals surface area contributed by atoms with Gasteiger partial charge in [0.1, 0.15) is 5.75 Å². The zero-order chi connectivity index (χ0) is 11.4. The fourth-order valence-electron chi connectivity index (χ4n) is 1.34. The van der Waals surface area contributed by atoms with Gasteiger partial charge >= 0.3 is 5.97 Å². The first-order valence-electron chi connectivity index (χ1n) is 4.73. The minimum absolute atomic E-state index is 0.312. The first kappa shape index (κ1) is 10.7. The summed E-state index contributed by atoms with van der Waals surface area (Å²) in [5.41, 5.74) is 2.15. The first-order valence-corrected chi connectivity index (χ1v) is 5.67. The van der Waals surface area contributed by atoms with Gasteiger partial charge in [0.25, 0.3) is 0 Å². The molecular weight excluding hydrogens is 224 g/mol. The van der Waals surface area contributed by atoms with E-state index in [1.807, 2.05) is 35.0 Å². The summed E-state index contributed by atoms with van der Waals surface area (Å²) >= 11 is 1.62. The fraction of sp³-hybridized carbons (Fsp3) is 0.0833. The lowest BCUT2D eigenvalue weighted by Gasteiger charge is -2.04. The molecule has 3 nitrogen and oxygen atoms in total. The van der Waals surface area contributed by atoms with Crippen LogP contribution in [0.2, 0.25) is 0 Å². The predicted molar refractivity (Wildman–Crippen MR) is 62.9 cm³/mol. The molecule has 1 heterocycles. The molecule has 0 aliphatic rings. The van der Waals surface area contributed by atoms with Gasteiger partial charge in [0, 0.05) is 0 Å². The van der Waals surface area contributed by atoms with E-state index in [1.54, 1.807) is 17.4 Å². The number of hydrogen-bond donors (Lipinski definition) is 1. The molecule has 0 unspecified atom stereocenters. The Morgan fingerprint density at radius 1 is 1.31 bits per heavy atom. The number of carboxylic acids is 1. The van der Waals surface area contributed by atoms with Crippen LogP contribution in [0.25, 0.3) is 11.1 Å². The molecule has 82 valence electrons. The molecule has 0 radical (unpaired) electrons. The summed E-state index contributed by atoms with van der Waals surface area (Å²) in [6.45, 7) is -0.312. The van der Waals surface area contributed by atoms with E-state index in [-0.39, 0.29) is 6.61 Å². The van der Waals surface area contributed by atoms with Crippen LogP contribution in [-0.4, -0.2) is 17.7 Å². The molecule has 4 heteroatoms. The Morgan fingerprint density at radius 3 is 2.88 bits per heavy atom.